The molecule has 0 radical (unpaired) electrons. The molecule has 1 aliphatic carbocycles. The van der Waals surface area contributed by atoms with Gasteiger partial charge in [0.1, 0.15) is 0 Å². The molecule has 0 fully saturated rings. The van der Waals surface area contributed by atoms with Crippen molar-refractivity contribution in [2.75, 3.05) is 0 Å². The van der Waals surface area contributed by atoms with Gasteiger partial charge >= 0.3 is 0 Å². The number of hydrogen-bond acceptors (Lipinski definition) is 0. The van der Waals surface area contributed by atoms with E-state index in [1.54, 1.807) is 0 Å². The monoisotopic (exact) mass is 716 g/mol. The number of allylic oxidation sites excluding steroid dienone is 4. The Kier molecular flexibility index (Phi) is 8.30. The van der Waals surface area contributed by atoms with Crippen LogP contribution in [0.1, 0.15) is 29.7 Å². The molecule has 2 heteroatoms. The van der Waals surface area contributed by atoms with Crippen LogP contribution in [-0.4, -0.2) is 9.13 Å². The Hall–Kier alpha value is -7.16. The maximum atomic E-state index is 4.26. The van der Waals surface area contributed by atoms with Gasteiger partial charge in [0.2, 0.25) is 0 Å². The minimum atomic E-state index is 1.05. The highest BCUT2D eigenvalue weighted by atomic mass is 15.0. The number of benzene rings is 7. The largest absolute Gasteiger partial charge is 0.309 e. The molecule has 7 aromatic carbocycles. The van der Waals surface area contributed by atoms with Gasteiger partial charge in [-0.15, -0.1) is 0 Å². The highest BCUT2D eigenvalue weighted by Crippen LogP contribution is 2.39. The first kappa shape index (κ1) is 33.4. The second-order valence-electron chi connectivity index (χ2n) is 14.5. The van der Waals surface area contributed by atoms with Gasteiger partial charge < -0.3 is 9.13 Å². The summed E-state index contributed by atoms with van der Waals surface area (Å²) in [6.07, 6.45) is 12.9. The molecule has 1 aliphatic rings. The molecule has 266 valence electrons. The van der Waals surface area contributed by atoms with Crippen molar-refractivity contribution in [2.45, 2.75) is 12.8 Å². The van der Waals surface area contributed by atoms with E-state index < -0.39 is 0 Å². The van der Waals surface area contributed by atoms with Gasteiger partial charge in [0.15, 0.2) is 0 Å². The summed E-state index contributed by atoms with van der Waals surface area (Å²) in [4.78, 5) is 0. The summed E-state index contributed by atoms with van der Waals surface area (Å²) in [6, 6.07) is 59.6. The van der Waals surface area contributed by atoms with E-state index in [-0.39, 0.29) is 0 Å². The molecular formula is C54H40N2. The number of para-hydroxylation sites is 1. The Labute approximate surface area is 327 Å². The molecule has 0 atom stereocenters. The lowest BCUT2D eigenvalue weighted by Gasteiger charge is -2.13. The van der Waals surface area contributed by atoms with Crippen molar-refractivity contribution in [3.05, 3.63) is 212 Å². The highest BCUT2D eigenvalue weighted by molar-refractivity contribution is 6.11. The molecule has 2 aromatic heterocycles. The van der Waals surface area contributed by atoms with Crippen LogP contribution in [0.15, 0.2) is 195 Å². The summed E-state index contributed by atoms with van der Waals surface area (Å²) in [5.74, 6) is 0. The van der Waals surface area contributed by atoms with E-state index >= 15 is 0 Å². The normalized spacial score (nSPS) is 12.7. The minimum Gasteiger partial charge on any atom is -0.309 e. The zero-order valence-corrected chi connectivity index (χ0v) is 31.2. The lowest BCUT2D eigenvalue weighted by Crippen LogP contribution is -1.98. The maximum absolute atomic E-state index is 4.26. The summed E-state index contributed by atoms with van der Waals surface area (Å²) in [6.45, 7) is 8.51. The number of rotatable bonds is 8. The number of aromatic nitrogens is 2. The van der Waals surface area contributed by atoms with Crippen molar-refractivity contribution in [3.8, 4) is 44.8 Å². The van der Waals surface area contributed by atoms with Crippen molar-refractivity contribution in [2.24, 2.45) is 0 Å². The summed E-state index contributed by atoms with van der Waals surface area (Å²) >= 11 is 0. The lowest BCUT2D eigenvalue weighted by molar-refractivity contribution is 1.04. The molecule has 2 nitrogen and oxygen atoms in total. The van der Waals surface area contributed by atoms with E-state index in [9.17, 15) is 0 Å². The van der Waals surface area contributed by atoms with Crippen LogP contribution in [0.3, 0.4) is 0 Å². The molecule has 0 aliphatic heterocycles. The Morgan fingerprint density at radius 3 is 1.71 bits per heavy atom. The Morgan fingerprint density at radius 1 is 0.411 bits per heavy atom. The number of fused-ring (bicyclic) bond motifs is 4. The third kappa shape index (κ3) is 5.66. The second-order valence-corrected chi connectivity index (χ2v) is 14.5. The van der Waals surface area contributed by atoms with Gasteiger partial charge in [-0.25, -0.2) is 0 Å². The average molecular weight is 717 g/mol. The first-order valence-corrected chi connectivity index (χ1v) is 19.4. The fourth-order valence-electron chi connectivity index (χ4n) is 8.62. The van der Waals surface area contributed by atoms with Crippen molar-refractivity contribution in [3.63, 3.8) is 0 Å². The number of hydrogen-bond donors (Lipinski definition) is 0. The molecule has 0 saturated carbocycles. The molecule has 0 unspecified atom stereocenters. The summed E-state index contributed by atoms with van der Waals surface area (Å²) < 4.78 is 4.73. The Balaban J connectivity index is 1.07. The molecule has 0 spiro atoms. The van der Waals surface area contributed by atoms with Crippen LogP contribution in [0.2, 0.25) is 0 Å². The standard InChI is InChI=1S/C54H40N2/c1-3-47-49-35-43(28-30-53(49)55(51(47)4-2)45-24-14-22-41(33-45)38-18-9-6-10-19-38)44-29-31-54-50(36-44)48-26-11-12-27-52(48)56(54)46-25-15-23-42(34-46)40-21-13-20-39(32-40)37-16-7-5-8-17-37/h3-5,7-9,11-36H,1-2,6,10H2. The molecule has 2 heterocycles. The SMILES string of the molecule is C=Cc1c(C=C)n(-c2cccc(C3=CCCC=C3)c2)c2ccc(-c3ccc4c(c3)c3ccccc3n4-c3cccc(-c4cccc(-c5ccccc5)c4)c3)cc12. The topological polar surface area (TPSA) is 9.86 Å². The van der Waals surface area contributed by atoms with Crippen molar-refractivity contribution < 1.29 is 0 Å². The third-order valence-electron chi connectivity index (χ3n) is 11.3. The smallest absolute Gasteiger partial charge is 0.0541 e. The van der Waals surface area contributed by atoms with Gasteiger partial charge in [0.25, 0.3) is 0 Å². The molecule has 10 rings (SSSR count). The average Bonchev–Trinajstić information content (AvgIpc) is 3.78. The number of nitrogens with zero attached hydrogens (tertiary/aromatic N) is 2. The van der Waals surface area contributed by atoms with Gasteiger partial charge in [-0.3, -0.25) is 0 Å². The summed E-state index contributed by atoms with van der Waals surface area (Å²) in [7, 11) is 0. The summed E-state index contributed by atoms with van der Waals surface area (Å²) in [5, 5.41) is 3.62. The van der Waals surface area contributed by atoms with Crippen molar-refractivity contribution >= 4 is 50.4 Å². The fourth-order valence-corrected chi connectivity index (χ4v) is 8.62. The predicted molar refractivity (Wildman–Crippen MR) is 240 cm³/mol. The molecule has 0 saturated heterocycles. The fraction of sp³-hybridized carbons (Fsp3) is 0.0370. The van der Waals surface area contributed by atoms with E-state index in [1.807, 2.05) is 12.2 Å². The first-order chi connectivity index (χ1) is 27.7. The molecule has 56 heavy (non-hydrogen) atoms. The van der Waals surface area contributed by atoms with E-state index in [4.69, 9.17) is 0 Å². The van der Waals surface area contributed by atoms with Gasteiger partial charge in [-0.1, -0.05) is 141 Å². The summed E-state index contributed by atoms with van der Waals surface area (Å²) in [5.41, 5.74) is 17.6. The van der Waals surface area contributed by atoms with Crippen molar-refractivity contribution in [1.29, 1.82) is 0 Å². The van der Waals surface area contributed by atoms with Crippen LogP contribution in [0, 0.1) is 0 Å². The maximum Gasteiger partial charge on any atom is 0.0541 e. The van der Waals surface area contributed by atoms with E-state index in [0.717, 1.165) is 46.4 Å². The zero-order chi connectivity index (χ0) is 37.6. The van der Waals surface area contributed by atoms with E-state index in [2.05, 4.69) is 204 Å². The molecule has 0 N–H and O–H groups in total. The Morgan fingerprint density at radius 2 is 0.982 bits per heavy atom. The van der Waals surface area contributed by atoms with Crippen LogP contribution in [0.4, 0.5) is 0 Å². The van der Waals surface area contributed by atoms with Crippen LogP contribution in [-0.2, 0) is 0 Å². The van der Waals surface area contributed by atoms with Gasteiger partial charge in [0, 0.05) is 33.1 Å². The predicted octanol–water partition coefficient (Wildman–Crippen LogP) is 14.7. The first-order valence-electron chi connectivity index (χ1n) is 19.4. The van der Waals surface area contributed by atoms with Crippen LogP contribution in [0.25, 0.3) is 95.2 Å². The molecule has 0 amide bonds. The molecule has 0 bridgehead atoms. The van der Waals surface area contributed by atoms with Crippen LogP contribution < -0.4 is 0 Å². The van der Waals surface area contributed by atoms with Crippen molar-refractivity contribution in [1.82, 2.24) is 9.13 Å². The highest BCUT2D eigenvalue weighted by Gasteiger charge is 2.18. The van der Waals surface area contributed by atoms with Crippen LogP contribution in [0.5, 0.6) is 0 Å². The van der Waals surface area contributed by atoms with Gasteiger partial charge in [0.05, 0.1) is 22.2 Å². The third-order valence-corrected chi connectivity index (χ3v) is 11.3. The van der Waals surface area contributed by atoms with Gasteiger partial charge in [-0.05, 0) is 124 Å². The quantitative estimate of drug-likeness (QED) is 0.148. The molecular weight excluding hydrogens is 677 g/mol. The zero-order valence-electron chi connectivity index (χ0n) is 31.2. The van der Waals surface area contributed by atoms with E-state index in [0.29, 0.717) is 0 Å². The van der Waals surface area contributed by atoms with Gasteiger partial charge in [-0.2, -0.15) is 0 Å². The van der Waals surface area contributed by atoms with Crippen LogP contribution >= 0.6 is 0 Å². The Bertz CT molecular complexity index is 3050. The lowest BCUT2D eigenvalue weighted by atomic mass is 9.99. The minimum absolute atomic E-state index is 1.05. The van der Waals surface area contributed by atoms with E-state index in [1.165, 1.54) is 66.3 Å². The molecule has 9 aromatic rings. The second kappa shape index (κ2) is 13.9.